The third-order valence-electron chi connectivity index (χ3n) is 9.57. The van der Waals surface area contributed by atoms with Crippen molar-refractivity contribution in [3.63, 3.8) is 0 Å². The molecule has 0 amide bonds. The Balaban J connectivity index is 1.12. The fourth-order valence-electron chi connectivity index (χ4n) is 7.69. The van der Waals surface area contributed by atoms with Crippen molar-refractivity contribution in [1.82, 2.24) is 14.5 Å². The lowest BCUT2D eigenvalue weighted by Crippen LogP contribution is -2.49. The van der Waals surface area contributed by atoms with E-state index in [4.69, 9.17) is 4.98 Å². The van der Waals surface area contributed by atoms with Gasteiger partial charge in [-0.3, -0.25) is 0 Å². The summed E-state index contributed by atoms with van der Waals surface area (Å²) >= 11 is 1.54. The summed E-state index contributed by atoms with van der Waals surface area (Å²) in [5.41, 5.74) is 4.46. The molecular formula is C30H33FN4OS. The van der Waals surface area contributed by atoms with Gasteiger partial charge in [-0.15, -0.1) is 0 Å². The van der Waals surface area contributed by atoms with Crippen LogP contribution in [0.3, 0.4) is 0 Å². The number of aliphatic hydroxyl groups is 1. The third kappa shape index (κ3) is 3.89. The number of anilines is 1. The molecule has 192 valence electrons. The molecule has 2 aliphatic carbocycles. The number of imidazole rings is 1. The number of rotatable bonds is 6. The molecular weight excluding hydrogens is 483 g/mol. The molecule has 4 aromatic rings. The number of halogens is 1. The van der Waals surface area contributed by atoms with Crippen LogP contribution in [-0.4, -0.2) is 31.8 Å². The molecule has 37 heavy (non-hydrogen) atoms. The molecule has 2 aromatic heterocycles. The molecule has 2 aromatic carbocycles. The molecule has 5 nitrogen and oxygen atoms in total. The highest BCUT2D eigenvalue weighted by atomic mass is 32.1. The fourth-order valence-corrected chi connectivity index (χ4v) is 8.64. The van der Waals surface area contributed by atoms with E-state index in [1.54, 1.807) is 12.1 Å². The van der Waals surface area contributed by atoms with Crippen LogP contribution in [0, 0.1) is 23.1 Å². The lowest BCUT2D eigenvalue weighted by atomic mass is 9.56. The number of aromatic nitrogens is 3. The molecule has 0 saturated heterocycles. The van der Waals surface area contributed by atoms with Crippen LogP contribution < -0.4 is 5.32 Å². The smallest absolute Gasteiger partial charge is 0.184 e. The monoisotopic (exact) mass is 516 g/mol. The summed E-state index contributed by atoms with van der Waals surface area (Å²) in [5, 5.41) is 16.5. The van der Waals surface area contributed by atoms with Gasteiger partial charge < -0.3 is 15.0 Å². The second-order valence-corrected chi connectivity index (χ2v) is 12.5. The highest BCUT2D eigenvalue weighted by molar-refractivity contribution is 7.22. The Bertz CT molecular complexity index is 1450. The molecule has 1 aliphatic heterocycles. The van der Waals surface area contributed by atoms with Crippen LogP contribution in [0.25, 0.3) is 21.5 Å². The number of benzene rings is 2. The Hall–Kier alpha value is -2.77. The van der Waals surface area contributed by atoms with Crippen LogP contribution in [0.2, 0.25) is 0 Å². The summed E-state index contributed by atoms with van der Waals surface area (Å²) in [6.45, 7) is 2.26. The van der Waals surface area contributed by atoms with E-state index in [0.29, 0.717) is 17.9 Å². The largest absolute Gasteiger partial charge is 0.392 e. The zero-order valence-electron chi connectivity index (χ0n) is 21.1. The number of hydrogen-bond donors (Lipinski definition) is 2. The van der Waals surface area contributed by atoms with Crippen molar-refractivity contribution in [2.24, 2.45) is 17.3 Å². The van der Waals surface area contributed by atoms with Gasteiger partial charge in [-0.2, -0.15) is 0 Å². The molecule has 0 radical (unpaired) electrons. The third-order valence-corrected chi connectivity index (χ3v) is 10.5. The summed E-state index contributed by atoms with van der Waals surface area (Å²) in [4.78, 5) is 9.15. The quantitative estimate of drug-likeness (QED) is 0.289. The first-order chi connectivity index (χ1) is 18.0. The van der Waals surface area contributed by atoms with Crippen molar-refractivity contribution in [2.75, 3.05) is 5.32 Å². The van der Waals surface area contributed by atoms with Gasteiger partial charge in [0.15, 0.2) is 5.13 Å². The highest BCUT2D eigenvalue weighted by Gasteiger charge is 2.49. The van der Waals surface area contributed by atoms with E-state index in [2.05, 4.69) is 46.1 Å². The predicted molar refractivity (Wildman–Crippen MR) is 146 cm³/mol. The normalized spacial score (nSPS) is 29.2. The molecule has 3 aliphatic rings. The Morgan fingerprint density at radius 2 is 2.11 bits per heavy atom. The van der Waals surface area contributed by atoms with E-state index in [9.17, 15) is 9.50 Å². The summed E-state index contributed by atoms with van der Waals surface area (Å²) in [6.07, 6.45) is 10.9. The lowest BCUT2D eigenvalue weighted by Gasteiger charge is -2.52. The SMILES string of the molecule is CCC1(C(O)CC2c3ccccc3-c3cncn32)CC2CCC(Nc3nc4ccc(F)cc4s3)C(C2)C1. The maximum absolute atomic E-state index is 13.7. The summed E-state index contributed by atoms with van der Waals surface area (Å²) in [6, 6.07) is 13.8. The average molecular weight is 517 g/mol. The highest BCUT2D eigenvalue weighted by Crippen LogP contribution is 2.54. The Kier molecular flexibility index (Phi) is 5.63. The van der Waals surface area contributed by atoms with Crippen molar-refractivity contribution in [2.45, 2.75) is 70.1 Å². The number of nitrogens with one attached hydrogen (secondary N) is 1. The van der Waals surface area contributed by atoms with E-state index in [1.165, 1.54) is 41.4 Å². The second kappa shape index (κ2) is 8.91. The molecule has 6 unspecified atom stereocenters. The Labute approximate surface area is 220 Å². The van der Waals surface area contributed by atoms with Crippen LogP contribution >= 0.6 is 11.3 Å². The average Bonchev–Trinajstić information content (AvgIpc) is 3.61. The van der Waals surface area contributed by atoms with E-state index in [-0.39, 0.29) is 23.4 Å². The minimum Gasteiger partial charge on any atom is -0.392 e. The van der Waals surface area contributed by atoms with Crippen LogP contribution in [0.15, 0.2) is 55.0 Å². The topological polar surface area (TPSA) is 63.0 Å². The van der Waals surface area contributed by atoms with Gasteiger partial charge in [-0.25, -0.2) is 14.4 Å². The molecule has 3 heterocycles. The van der Waals surface area contributed by atoms with E-state index >= 15 is 0 Å². The van der Waals surface area contributed by atoms with Crippen LogP contribution in [-0.2, 0) is 0 Å². The van der Waals surface area contributed by atoms with Crippen LogP contribution in [0.4, 0.5) is 9.52 Å². The van der Waals surface area contributed by atoms with Crippen molar-refractivity contribution in [3.05, 3.63) is 66.4 Å². The molecule has 0 spiro atoms. The van der Waals surface area contributed by atoms with Crippen molar-refractivity contribution < 1.29 is 9.50 Å². The zero-order chi connectivity index (χ0) is 25.1. The van der Waals surface area contributed by atoms with Gasteiger partial charge in [0.2, 0.25) is 0 Å². The standard InChI is InChI=1S/C30H33FN4OS/c1-2-30(28(36)13-25-21-5-3-4-6-22(21)26-16-32-17-35(25)26)14-18-7-9-23(19(11-18)15-30)33-29-34-24-10-8-20(31)12-27(24)37-29/h3-6,8,10,12,16-19,23,25,28,36H,2,7,9,11,13-15H2,1H3,(H,33,34). The lowest BCUT2D eigenvalue weighted by molar-refractivity contribution is -0.0628. The predicted octanol–water partition coefficient (Wildman–Crippen LogP) is 7.04. The summed E-state index contributed by atoms with van der Waals surface area (Å²) in [7, 11) is 0. The molecule has 6 atom stereocenters. The first-order valence-electron chi connectivity index (χ1n) is 13.6. The molecule has 2 saturated carbocycles. The van der Waals surface area contributed by atoms with Gasteiger partial charge in [0.05, 0.1) is 40.6 Å². The number of thiazole rings is 1. The summed E-state index contributed by atoms with van der Waals surface area (Å²) < 4.78 is 16.8. The van der Waals surface area contributed by atoms with Gasteiger partial charge in [0.1, 0.15) is 5.82 Å². The van der Waals surface area contributed by atoms with Crippen LogP contribution in [0.5, 0.6) is 0 Å². The van der Waals surface area contributed by atoms with Gasteiger partial charge in [0, 0.05) is 11.6 Å². The number of hydrogen-bond acceptors (Lipinski definition) is 5. The van der Waals surface area contributed by atoms with E-state index in [0.717, 1.165) is 53.1 Å². The minimum absolute atomic E-state index is 0.0804. The number of fused-ring (bicyclic) bond motifs is 6. The van der Waals surface area contributed by atoms with Crippen molar-refractivity contribution in [3.8, 4) is 11.3 Å². The molecule has 7 rings (SSSR count). The Morgan fingerprint density at radius 1 is 1.22 bits per heavy atom. The first kappa shape index (κ1) is 23.4. The van der Waals surface area contributed by atoms with Gasteiger partial charge in [-0.05, 0) is 86.0 Å². The molecule has 2 bridgehead atoms. The van der Waals surface area contributed by atoms with E-state index < -0.39 is 0 Å². The zero-order valence-corrected chi connectivity index (χ0v) is 21.9. The van der Waals surface area contributed by atoms with Gasteiger partial charge in [-0.1, -0.05) is 42.5 Å². The van der Waals surface area contributed by atoms with Crippen LogP contribution in [0.1, 0.15) is 63.5 Å². The fraction of sp³-hybridized carbons (Fsp3) is 0.467. The van der Waals surface area contributed by atoms with E-state index in [1.807, 2.05) is 12.5 Å². The maximum Gasteiger partial charge on any atom is 0.184 e. The first-order valence-corrected chi connectivity index (χ1v) is 14.5. The second-order valence-electron chi connectivity index (χ2n) is 11.5. The van der Waals surface area contributed by atoms with Gasteiger partial charge in [0.25, 0.3) is 0 Å². The summed E-state index contributed by atoms with van der Waals surface area (Å²) in [5.74, 6) is 0.950. The number of nitrogens with zero attached hydrogens (tertiary/aromatic N) is 3. The Morgan fingerprint density at radius 3 is 3.00 bits per heavy atom. The maximum atomic E-state index is 13.7. The van der Waals surface area contributed by atoms with Crippen molar-refractivity contribution >= 4 is 26.7 Å². The minimum atomic E-state index is -0.376. The molecule has 7 heteroatoms. The van der Waals surface area contributed by atoms with Crippen molar-refractivity contribution in [1.29, 1.82) is 0 Å². The number of aliphatic hydroxyl groups excluding tert-OH is 1. The van der Waals surface area contributed by atoms with Gasteiger partial charge >= 0.3 is 0 Å². The molecule has 2 fully saturated rings. The molecule has 2 N–H and O–H groups in total.